The minimum absolute atomic E-state index is 0.0129. The molecule has 0 bridgehead atoms. The van der Waals surface area contributed by atoms with Crippen LogP contribution in [-0.4, -0.2) is 34.0 Å². The van der Waals surface area contributed by atoms with E-state index in [1.54, 1.807) is 0 Å². The van der Waals surface area contributed by atoms with Gasteiger partial charge in [0.2, 0.25) is 0 Å². The number of rotatable bonds is 2. The number of nitrogens with one attached hydrogen (secondary N) is 2. The third-order valence-electron chi connectivity index (χ3n) is 4.96. The van der Waals surface area contributed by atoms with Crippen molar-refractivity contribution in [2.75, 3.05) is 18.4 Å². The molecule has 1 saturated heterocycles. The molecule has 0 saturated carbocycles. The largest absolute Gasteiger partial charge is 0.360 e. The topological polar surface area (TPSA) is 61.0 Å². The van der Waals surface area contributed by atoms with Crippen molar-refractivity contribution >= 4 is 22.8 Å². The van der Waals surface area contributed by atoms with Crippen LogP contribution in [0, 0.1) is 6.92 Å². The number of likely N-dealkylation sites (tertiary alicyclic amines) is 1. The van der Waals surface area contributed by atoms with E-state index in [2.05, 4.69) is 27.5 Å². The Morgan fingerprint density at radius 3 is 2.88 bits per heavy atom. The van der Waals surface area contributed by atoms with Gasteiger partial charge in [-0.2, -0.15) is 0 Å². The lowest BCUT2D eigenvalue weighted by atomic mass is 9.90. The summed E-state index contributed by atoms with van der Waals surface area (Å²) in [6.07, 6.45) is 5.84. The van der Waals surface area contributed by atoms with E-state index < -0.39 is 0 Å². The lowest BCUT2D eigenvalue weighted by Gasteiger charge is -2.31. The first kappa shape index (κ1) is 15.7. The van der Waals surface area contributed by atoms with Crippen molar-refractivity contribution in [3.8, 4) is 0 Å². The Kier molecular flexibility index (Phi) is 4.14. The first-order valence-electron chi connectivity index (χ1n) is 8.75. The van der Waals surface area contributed by atoms with Gasteiger partial charge in [0, 0.05) is 31.2 Å². The quantitative estimate of drug-likeness (QED) is 0.735. The number of nitrogens with zero attached hydrogens (tertiary/aromatic N) is 2. The van der Waals surface area contributed by atoms with Crippen LogP contribution in [0.5, 0.6) is 0 Å². The fourth-order valence-electron chi connectivity index (χ4n) is 3.61. The number of pyridine rings is 1. The molecule has 2 aromatic heterocycles. The van der Waals surface area contributed by atoms with Crippen molar-refractivity contribution in [3.05, 3.63) is 59.9 Å². The van der Waals surface area contributed by atoms with Crippen LogP contribution < -0.4 is 5.32 Å². The van der Waals surface area contributed by atoms with Crippen LogP contribution in [-0.2, 0) is 0 Å². The molecular weight excluding hydrogens is 312 g/mol. The molecule has 2 N–H and O–H groups in total. The number of hydrogen-bond acceptors (Lipinski definition) is 2. The lowest BCUT2D eigenvalue weighted by molar-refractivity contribution is 0.195. The Hall–Kier alpha value is -2.82. The van der Waals surface area contributed by atoms with Crippen LogP contribution >= 0.6 is 0 Å². The van der Waals surface area contributed by atoms with E-state index >= 15 is 0 Å². The van der Waals surface area contributed by atoms with Crippen molar-refractivity contribution in [1.29, 1.82) is 0 Å². The summed E-state index contributed by atoms with van der Waals surface area (Å²) in [6.45, 7) is 3.56. The lowest BCUT2D eigenvalue weighted by Crippen LogP contribution is -2.40. The van der Waals surface area contributed by atoms with Gasteiger partial charge in [-0.1, -0.05) is 12.1 Å². The maximum atomic E-state index is 12.5. The molecule has 3 heterocycles. The molecule has 1 aliphatic heterocycles. The van der Waals surface area contributed by atoms with E-state index in [9.17, 15) is 4.79 Å². The zero-order chi connectivity index (χ0) is 17.2. The number of aromatic nitrogens is 2. The minimum atomic E-state index is -0.0129. The number of benzene rings is 1. The number of anilines is 1. The maximum absolute atomic E-state index is 12.5. The predicted octanol–water partition coefficient (Wildman–Crippen LogP) is 4.28. The minimum Gasteiger partial charge on any atom is -0.360 e. The normalized spacial score (nSPS) is 15.5. The second-order valence-corrected chi connectivity index (χ2v) is 6.70. The average molecular weight is 334 g/mol. The van der Waals surface area contributed by atoms with Gasteiger partial charge >= 0.3 is 6.03 Å². The number of aromatic amines is 1. The van der Waals surface area contributed by atoms with Gasteiger partial charge in [0.1, 0.15) is 0 Å². The highest BCUT2D eigenvalue weighted by Crippen LogP contribution is 2.32. The number of piperidine rings is 1. The van der Waals surface area contributed by atoms with Crippen LogP contribution in [0.2, 0.25) is 0 Å². The summed E-state index contributed by atoms with van der Waals surface area (Å²) in [6, 6.07) is 11.9. The van der Waals surface area contributed by atoms with Gasteiger partial charge in [-0.25, -0.2) is 4.79 Å². The third-order valence-corrected chi connectivity index (χ3v) is 4.96. The smallest absolute Gasteiger partial charge is 0.321 e. The Balaban J connectivity index is 1.40. The molecule has 0 atom stereocenters. The molecule has 4 rings (SSSR count). The molecule has 25 heavy (non-hydrogen) atoms. The SMILES string of the molecule is Cc1cccc(NC(=O)N2CCC(c3c[nH]c4cccnc34)CC2)c1. The second kappa shape index (κ2) is 6.59. The Morgan fingerprint density at radius 2 is 2.08 bits per heavy atom. The highest BCUT2D eigenvalue weighted by Gasteiger charge is 2.25. The fourth-order valence-corrected chi connectivity index (χ4v) is 3.61. The summed E-state index contributed by atoms with van der Waals surface area (Å²) in [7, 11) is 0. The van der Waals surface area contributed by atoms with Gasteiger partial charge in [-0.3, -0.25) is 4.98 Å². The van der Waals surface area contributed by atoms with Gasteiger partial charge in [0.15, 0.2) is 0 Å². The first-order chi connectivity index (χ1) is 12.2. The van der Waals surface area contributed by atoms with Crippen molar-refractivity contribution in [2.24, 2.45) is 0 Å². The van der Waals surface area contributed by atoms with Crippen LogP contribution in [0.3, 0.4) is 0 Å². The summed E-state index contributed by atoms with van der Waals surface area (Å²) >= 11 is 0. The monoisotopic (exact) mass is 334 g/mol. The molecule has 2 amide bonds. The summed E-state index contributed by atoms with van der Waals surface area (Å²) in [5, 5.41) is 3.00. The molecule has 0 aliphatic carbocycles. The molecule has 0 unspecified atom stereocenters. The number of amides is 2. The van der Waals surface area contributed by atoms with Crippen LogP contribution in [0.4, 0.5) is 10.5 Å². The van der Waals surface area contributed by atoms with Crippen LogP contribution in [0.25, 0.3) is 11.0 Å². The molecule has 128 valence electrons. The van der Waals surface area contributed by atoms with Crippen LogP contribution in [0.1, 0.15) is 29.9 Å². The first-order valence-corrected chi connectivity index (χ1v) is 8.75. The molecule has 5 nitrogen and oxygen atoms in total. The zero-order valence-corrected chi connectivity index (χ0v) is 14.3. The summed E-state index contributed by atoms with van der Waals surface area (Å²) in [4.78, 5) is 22.2. The third kappa shape index (κ3) is 3.22. The van der Waals surface area contributed by atoms with Crippen molar-refractivity contribution in [2.45, 2.75) is 25.7 Å². The molecule has 1 aliphatic rings. The van der Waals surface area contributed by atoms with E-state index in [1.807, 2.05) is 48.4 Å². The Morgan fingerprint density at radius 1 is 1.24 bits per heavy atom. The van der Waals surface area contributed by atoms with E-state index in [0.29, 0.717) is 5.92 Å². The highest BCUT2D eigenvalue weighted by molar-refractivity contribution is 5.89. The standard InChI is InChI=1S/C20H22N4O/c1-14-4-2-5-16(12-14)23-20(25)24-10-7-15(8-11-24)17-13-22-18-6-3-9-21-19(17)18/h2-6,9,12-13,15,22H,7-8,10-11H2,1H3,(H,23,25). The number of carbonyl (C=O) groups excluding carboxylic acids is 1. The summed E-state index contributed by atoms with van der Waals surface area (Å²) < 4.78 is 0. The summed E-state index contributed by atoms with van der Waals surface area (Å²) in [5.41, 5.74) is 5.41. The number of urea groups is 1. The number of hydrogen-bond donors (Lipinski definition) is 2. The van der Waals surface area contributed by atoms with E-state index in [1.165, 1.54) is 5.56 Å². The molecule has 1 fully saturated rings. The Bertz CT molecular complexity index is 893. The second-order valence-electron chi connectivity index (χ2n) is 6.70. The molecular formula is C20H22N4O. The fraction of sp³-hybridized carbons (Fsp3) is 0.300. The molecule has 1 aromatic carbocycles. The number of H-pyrrole nitrogens is 1. The zero-order valence-electron chi connectivity index (χ0n) is 14.3. The molecule has 0 spiro atoms. The van der Waals surface area contributed by atoms with Crippen molar-refractivity contribution < 1.29 is 4.79 Å². The molecule has 3 aromatic rings. The number of aryl methyl sites for hydroxylation is 1. The van der Waals surface area contributed by atoms with Crippen molar-refractivity contribution in [3.63, 3.8) is 0 Å². The molecule has 0 radical (unpaired) electrons. The highest BCUT2D eigenvalue weighted by atomic mass is 16.2. The maximum Gasteiger partial charge on any atom is 0.321 e. The number of carbonyl (C=O) groups is 1. The molecule has 5 heteroatoms. The number of fused-ring (bicyclic) bond motifs is 1. The van der Waals surface area contributed by atoms with Gasteiger partial charge < -0.3 is 15.2 Å². The van der Waals surface area contributed by atoms with Gasteiger partial charge in [0.05, 0.1) is 11.0 Å². The van der Waals surface area contributed by atoms with E-state index in [-0.39, 0.29) is 6.03 Å². The average Bonchev–Trinajstić information content (AvgIpc) is 3.06. The van der Waals surface area contributed by atoms with Gasteiger partial charge in [-0.05, 0) is 61.1 Å². The Labute approximate surface area is 147 Å². The van der Waals surface area contributed by atoms with Crippen molar-refractivity contribution in [1.82, 2.24) is 14.9 Å². The van der Waals surface area contributed by atoms with Crippen LogP contribution in [0.15, 0.2) is 48.8 Å². The van der Waals surface area contributed by atoms with E-state index in [0.717, 1.165) is 48.2 Å². The van der Waals surface area contributed by atoms with Gasteiger partial charge in [-0.15, -0.1) is 0 Å². The van der Waals surface area contributed by atoms with Gasteiger partial charge in [0.25, 0.3) is 0 Å². The summed E-state index contributed by atoms with van der Waals surface area (Å²) in [5.74, 6) is 0.451. The predicted molar refractivity (Wildman–Crippen MR) is 99.8 cm³/mol. The van der Waals surface area contributed by atoms with E-state index in [4.69, 9.17) is 0 Å².